The Kier molecular flexibility index (Phi) is 6.72. The van der Waals surface area contributed by atoms with Crippen molar-refractivity contribution in [3.63, 3.8) is 0 Å². The van der Waals surface area contributed by atoms with E-state index in [1.807, 2.05) is 32.4 Å². The number of rotatable bonds is 6. The highest BCUT2D eigenvalue weighted by atomic mass is 16.7. The molecule has 0 spiro atoms. The molecule has 188 valence electrons. The first kappa shape index (κ1) is 25.3. The van der Waals surface area contributed by atoms with Gasteiger partial charge >= 0.3 is 13.1 Å². The molecular formula is C25H35BN4O5. The molecule has 1 aromatic carbocycles. The molecule has 2 heterocycles. The van der Waals surface area contributed by atoms with Crippen LogP contribution in [0.1, 0.15) is 87.1 Å². The fourth-order valence-corrected chi connectivity index (χ4v) is 4.76. The Labute approximate surface area is 206 Å². The highest BCUT2D eigenvalue weighted by molar-refractivity contribution is 6.63. The van der Waals surface area contributed by atoms with Crippen molar-refractivity contribution in [2.24, 2.45) is 11.7 Å². The molecule has 1 saturated carbocycles. The van der Waals surface area contributed by atoms with E-state index >= 15 is 0 Å². The SMILES string of the molecule is COC(=O)c1ccc(Nc2nn(C3CCCC[C@@H]3C)cc2C(N)=O)cc1B1OC(C)(C)C(C)(C)O1. The lowest BCUT2D eigenvalue weighted by Crippen LogP contribution is -2.41. The molecule has 2 aliphatic rings. The monoisotopic (exact) mass is 482 g/mol. The number of hydrogen-bond donors (Lipinski definition) is 2. The van der Waals surface area contributed by atoms with Gasteiger partial charge in [0.2, 0.25) is 0 Å². The molecule has 3 N–H and O–H groups in total. The maximum Gasteiger partial charge on any atom is 0.495 e. The Balaban J connectivity index is 1.69. The molecule has 1 aliphatic heterocycles. The molecule has 0 bridgehead atoms. The van der Waals surface area contributed by atoms with Crippen LogP contribution in [0.25, 0.3) is 0 Å². The van der Waals surface area contributed by atoms with Gasteiger partial charge in [-0.05, 0) is 70.1 Å². The first-order valence-electron chi connectivity index (χ1n) is 12.2. The van der Waals surface area contributed by atoms with Crippen LogP contribution in [0.4, 0.5) is 11.5 Å². The zero-order chi connectivity index (χ0) is 25.5. The maximum absolute atomic E-state index is 12.5. The summed E-state index contributed by atoms with van der Waals surface area (Å²) in [4.78, 5) is 24.7. The van der Waals surface area contributed by atoms with Gasteiger partial charge < -0.3 is 25.1 Å². The summed E-state index contributed by atoms with van der Waals surface area (Å²) < 4.78 is 19.2. The second kappa shape index (κ2) is 9.31. The van der Waals surface area contributed by atoms with Crippen LogP contribution in [0.15, 0.2) is 24.4 Å². The largest absolute Gasteiger partial charge is 0.495 e. The fourth-order valence-electron chi connectivity index (χ4n) is 4.76. The highest BCUT2D eigenvalue weighted by Crippen LogP contribution is 2.37. The van der Waals surface area contributed by atoms with Gasteiger partial charge in [-0.25, -0.2) is 4.79 Å². The number of aromatic nitrogens is 2. The number of methoxy groups -OCH3 is 1. The average molecular weight is 482 g/mol. The lowest BCUT2D eigenvalue weighted by atomic mass is 9.75. The number of amides is 1. The van der Waals surface area contributed by atoms with Gasteiger partial charge in [-0.15, -0.1) is 0 Å². The van der Waals surface area contributed by atoms with Crippen LogP contribution in [-0.4, -0.2) is 47.1 Å². The Morgan fingerprint density at radius 1 is 1.14 bits per heavy atom. The van der Waals surface area contributed by atoms with Crippen LogP contribution in [0.3, 0.4) is 0 Å². The summed E-state index contributed by atoms with van der Waals surface area (Å²) in [6.45, 7) is 10.0. The highest BCUT2D eigenvalue weighted by Gasteiger charge is 2.52. The number of carbonyl (C=O) groups excluding carboxylic acids is 2. The van der Waals surface area contributed by atoms with Crippen LogP contribution in [0, 0.1) is 5.92 Å². The van der Waals surface area contributed by atoms with E-state index in [2.05, 4.69) is 12.2 Å². The van der Waals surface area contributed by atoms with E-state index in [0.29, 0.717) is 34.0 Å². The molecule has 9 nitrogen and oxygen atoms in total. The summed E-state index contributed by atoms with van der Waals surface area (Å²) in [7, 11) is 0.563. The van der Waals surface area contributed by atoms with Crippen molar-refractivity contribution in [2.75, 3.05) is 12.4 Å². The molecule has 1 aromatic heterocycles. The van der Waals surface area contributed by atoms with Crippen molar-refractivity contribution >= 4 is 36.0 Å². The third kappa shape index (κ3) is 4.82. The molecule has 1 aliphatic carbocycles. The van der Waals surface area contributed by atoms with Crippen molar-refractivity contribution in [1.82, 2.24) is 9.78 Å². The second-order valence-electron chi connectivity index (χ2n) is 10.6. The van der Waals surface area contributed by atoms with Crippen molar-refractivity contribution in [1.29, 1.82) is 0 Å². The van der Waals surface area contributed by atoms with Gasteiger partial charge in [0.1, 0.15) is 5.56 Å². The minimum atomic E-state index is -0.771. The molecule has 2 aromatic rings. The zero-order valence-electron chi connectivity index (χ0n) is 21.4. The Bertz CT molecular complexity index is 1110. The molecule has 0 radical (unpaired) electrons. The number of anilines is 2. The lowest BCUT2D eigenvalue weighted by molar-refractivity contribution is 0.00578. The molecule has 35 heavy (non-hydrogen) atoms. The predicted octanol–water partition coefficient (Wildman–Crippen LogP) is 3.56. The molecule has 2 fully saturated rings. The van der Waals surface area contributed by atoms with Gasteiger partial charge in [0.25, 0.3) is 5.91 Å². The molecule has 1 saturated heterocycles. The smallest absolute Gasteiger partial charge is 0.465 e. The van der Waals surface area contributed by atoms with Gasteiger partial charge in [-0.3, -0.25) is 9.48 Å². The third-order valence-electron chi connectivity index (χ3n) is 7.63. The summed E-state index contributed by atoms with van der Waals surface area (Å²) in [6.07, 6.45) is 6.22. The van der Waals surface area contributed by atoms with E-state index in [4.69, 9.17) is 24.9 Å². The number of nitrogens with two attached hydrogens (primary N) is 1. The number of esters is 1. The number of hydrogen-bond acceptors (Lipinski definition) is 7. The van der Waals surface area contributed by atoms with Gasteiger partial charge in [0.15, 0.2) is 5.82 Å². The Morgan fingerprint density at radius 2 is 1.80 bits per heavy atom. The van der Waals surface area contributed by atoms with Gasteiger partial charge in [-0.2, -0.15) is 5.10 Å². The second-order valence-corrected chi connectivity index (χ2v) is 10.6. The molecule has 2 atom stereocenters. The minimum absolute atomic E-state index is 0.222. The van der Waals surface area contributed by atoms with Gasteiger partial charge in [0.05, 0.1) is 29.9 Å². The quantitative estimate of drug-likeness (QED) is 0.478. The Morgan fingerprint density at radius 3 is 2.40 bits per heavy atom. The van der Waals surface area contributed by atoms with Crippen molar-refractivity contribution < 1.29 is 23.6 Å². The molecule has 1 unspecified atom stereocenters. The third-order valence-corrected chi connectivity index (χ3v) is 7.63. The van der Waals surface area contributed by atoms with Crippen molar-refractivity contribution in [2.45, 2.75) is 77.5 Å². The molecule has 10 heteroatoms. The number of primary amides is 1. The molecular weight excluding hydrogens is 447 g/mol. The number of ether oxygens (including phenoxy) is 1. The Hall–Kier alpha value is -2.85. The first-order chi connectivity index (χ1) is 16.4. The predicted molar refractivity (Wildman–Crippen MR) is 134 cm³/mol. The maximum atomic E-state index is 12.5. The number of carbonyl (C=O) groups is 2. The summed E-state index contributed by atoms with van der Waals surface area (Å²) in [5.41, 5.74) is 6.33. The van der Waals surface area contributed by atoms with E-state index < -0.39 is 30.2 Å². The van der Waals surface area contributed by atoms with Crippen LogP contribution in [-0.2, 0) is 14.0 Å². The van der Waals surface area contributed by atoms with Crippen LogP contribution >= 0.6 is 0 Å². The number of benzene rings is 1. The summed E-state index contributed by atoms with van der Waals surface area (Å²) in [6, 6.07) is 5.37. The van der Waals surface area contributed by atoms with Crippen molar-refractivity contribution in [3.05, 3.63) is 35.5 Å². The average Bonchev–Trinajstić information content (AvgIpc) is 3.30. The van der Waals surface area contributed by atoms with E-state index in [0.717, 1.165) is 19.3 Å². The zero-order valence-corrected chi connectivity index (χ0v) is 21.4. The van der Waals surface area contributed by atoms with E-state index in [1.54, 1.807) is 24.4 Å². The van der Waals surface area contributed by atoms with Gasteiger partial charge in [-0.1, -0.05) is 19.8 Å². The van der Waals surface area contributed by atoms with Crippen LogP contribution in [0.5, 0.6) is 0 Å². The van der Waals surface area contributed by atoms with Crippen molar-refractivity contribution in [3.8, 4) is 0 Å². The minimum Gasteiger partial charge on any atom is -0.465 e. The normalized spacial score (nSPS) is 23.2. The summed E-state index contributed by atoms with van der Waals surface area (Å²) in [5.74, 6) is -0.207. The van der Waals surface area contributed by atoms with E-state index in [1.165, 1.54) is 13.5 Å². The number of nitrogens with one attached hydrogen (secondary N) is 1. The summed E-state index contributed by atoms with van der Waals surface area (Å²) in [5, 5.41) is 7.92. The fraction of sp³-hybridized carbons (Fsp3) is 0.560. The van der Waals surface area contributed by atoms with Crippen LogP contribution in [0.2, 0.25) is 0 Å². The topological polar surface area (TPSA) is 118 Å². The lowest BCUT2D eigenvalue weighted by Gasteiger charge is -2.32. The first-order valence-corrected chi connectivity index (χ1v) is 12.2. The molecule has 4 rings (SSSR count). The van der Waals surface area contributed by atoms with Crippen LogP contribution < -0.4 is 16.5 Å². The van der Waals surface area contributed by atoms with Gasteiger partial charge in [0, 0.05) is 11.9 Å². The standard InChI is InChI=1S/C25H35BN4O5/c1-15-9-7-8-10-20(15)30-14-18(21(27)31)22(29-30)28-16-11-12-17(23(32)33-6)19(13-16)26-34-24(2,3)25(4,5)35-26/h11-15,20H,7-10H2,1-6H3,(H2,27,31)(H,28,29)/t15-,20?/m0/s1. The number of nitrogens with zero attached hydrogens (tertiary/aromatic N) is 2. The molecule has 1 amide bonds. The van der Waals surface area contributed by atoms with E-state index in [9.17, 15) is 9.59 Å². The summed E-state index contributed by atoms with van der Waals surface area (Å²) >= 11 is 0. The van der Waals surface area contributed by atoms with E-state index in [-0.39, 0.29) is 6.04 Å².